The van der Waals surface area contributed by atoms with Gasteiger partial charge < -0.3 is 19.6 Å². The first-order valence-electron chi connectivity index (χ1n) is 8.45. The molecule has 26 heavy (non-hydrogen) atoms. The van der Waals surface area contributed by atoms with Crippen molar-refractivity contribution in [3.8, 4) is 5.75 Å². The van der Waals surface area contributed by atoms with Crippen molar-refractivity contribution in [2.24, 2.45) is 5.92 Å². The molecule has 1 aromatic carbocycles. The van der Waals surface area contributed by atoms with Gasteiger partial charge in [-0.15, -0.1) is 0 Å². The minimum absolute atomic E-state index is 0.249. The van der Waals surface area contributed by atoms with Crippen molar-refractivity contribution < 1.29 is 23.8 Å². The molecule has 1 amide bonds. The molecule has 2 aromatic rings. The molecule has 0 radical (unpaired) electrons. The van der Waals surface area contributed by atoms with Gasteiger partial charge in [-0.25, -0.2) is 9.59 Å². The molecular formula is C19H23NO6. The van der Waals surface area contributed by atoms with Gasteiger partial charge in [0, 0.05) is 17.0 Å². The van der Waals surface area contributed by atoms with Crippen LogP contribution in [0.2, 0.25) is 0 Å². The quantitative estimate of drug-likeness (QED) is 0.733. The number of carbonyl (C=O) groups excluding carboxylic acids is 1. The number of nitrogens with one attached hydrogen (secondary N) is 1. The number of fused-ring (bicyclic) bond motifs is 1. The number of rotatable bonds is 7. The maximum absolute atomic E-state index is 12.0. The Morgan fingerprint density at radius 2 is 2.00 bits per heavy atom. The standard InChI is InChI=1S/C19H23NO6/c1-5-12-8-16(22)26-18-11(4)14(7-6-13(12)18)25-9-15(21)20-17(10(2)3)19(23)24/h6-8,10,17H,5,9H2,1-4H3,(H,20,21)(H,23,24). The van der Waals surface area contributed by atoms with E-state index in [-0.39, 0.29) is 12.5 Å². The van der Waals surface area contributed by atoms with E-state index in [1.54, 1.807) is 32.9 Å². The average molecular weight is 361 g/mol. The van der Waals surface area contributed by atoms with Crippen molar-refractivity contribution in [3.63, 3.8) is 0 Å². The summed E-state index contributed by atoms with van der Waals surface area (Å²) in [6.07, 6.45) is 0.690. The second-order valence-corrected chi connectivity index (χ2v) is 6.43. The summed E-state index contributed by atoms with van der Waals surface area (Å²) in [7, 11) is 0. The van der Waals surface area contributed by atoms with E-state index >= 15 is 0 Å². The third-order valence-corrected chi connectivity index (χ3v) is 4.19. The van der Waals surface area contributed by atoms with Crippen molar-refractivity contribution in [2.75, 3.05) is 6.61 Å². The first-order valence-corrected chi connectivity index (χ1v) is 8.45. The van der Waals surface area contributed by atoms with E-state index in [0.29, 0.717) is 23.3 Å². The summed E-state index contributed by atoms with van der Waals surface area (Å²) in [6.45, 7) is 6.78. The van der Waals surface area contributed by atoms with E-state index in [9.17, 15) is 14.4 Å². The van der Waals surface area contributed by atoms with Gasteiger partial charge in [-0.1, -0.05) is 20.8 Å². The third kappa shape index (κ3) is 4.22. The Bertz CT molecular complexity index is 883. The normalized spacial score (nSPS) is 12.2. The van der Waals surface area contributed by atoms with E-state index in [4.69, 9.17) is 14.3 Å². The van der Waals surface area contributed by atoms with Crippen LogP contribution in [0.25, 0.3) is 11.0 Å². The second-order valence-electron chi connectivity index (χ2n) is 6.43. The molecule has 2 rings (SSSR count). The van der Waals surface area contributed by atoms with Crippen LogP contribution in [-0.2, 0) is 16.0 Å². The molecule has 7 nitrogen and oxygen atoms in total. The average Bonchev–Trinajstić information content (AvgIpc) is 2.58. The molecular weight excluding hydrogens is 338 g/mol. The lowest BCUT2D eigenvalue weighted by atomic mass is 10.0. The highest BCUT2D eigenvalue weighted by molar-refractivity contribution is 5.86. The maximum atomic E-state index is 12.0. The van der Waals surface area contributed by atoms with E-state index in [0.717, 1.165) is 10.9 Å². The highest BCUT2D eigenvalue weighted by atomic mass is 16.5. The molecule has 0 aliphatic rings. The number of carbonyl (C=O) groups is 2. The lowest BCUT2D eigenvalue weighted by molar-refractivity contribution is -0.143. The summed E-state index contributed by atoms with van der Waals surface area (Å²) in [5.41, 5.74) is 1.48. The lowest BCUT2D eigenvalue weighted by Crippen LogP contribution is -2.46. The number of amides is 1. The largest absolute Gasteiger partial charge is 0.483 e. The summed E-state index contributed by atoms with van der Waals surface area (Å²) in [5.74, 6) is -1.47. The van der Waals surface area contributed by atoms with Crippen molar-refractivity contribution in [2.45, 2.75) is 40.2 Å². The van der Waals surface area contributed by atoms with Crippen LogP contribution in [-0.4, -0.2) is 29.6 Å². The molecule has 0 saturated heterocycles. The van der Waals surface area contributed by atoms with Gasteiger partial charge in [0.1, 0.15) is 17.4 Å². The molecule has 0 bridgehead atoms. The molecule has 140 valence electrons. The predicted octanol–water partition coefficient (Wildman–Crippen LogP) is 2.27. The molecule has 1 heterocycles. The van der Waals surface area contributed by atoms with Crippen LogP contribution in [0.5, 0.6) is 5.75 Å². The molecule has 1 aromatic heterocycles. The maximum Gasteiger partial charge on any atom is 0.336 e. The molecule has 0 fully saturated rings. The Kier molecular flexibility index (Phi) is 6.02. The van der Waals surface area contributed by atoms with Gasteiger partial charge in [0.2, 0.25) is 0 Å². The number of hydrogen-bond donors (Lipinski definition) is 2. The summed E-state index contributed by atoms with van der Waals surface area (Å²) in [6, 6.07) is 3.98. The zero-order valence-corrected chi connectivity index (χ0v) is 15.3. The Morgan fingerprint density at radius 3 is 2.58 bits per heavy atom. The van der Waals surface area contributed by atoms with Crippen LogP contribution in [0.3, 0.4) is 0 Å². The van der Waals surface area contributed by atoms with Gasteiger partial charge in [-0.05, 0) is 37.0 Å². The number of hydrogen-bond acceptors (Lipinski definition) is 5. The topological polar surface area (TPSA) is 106 Å². The van der Waals surface area contributed by atoms with Crippen LogP contribution < -0.4 is 15.7 Å². The lowest BCUT2D eigenvalue weighted by Gasteiger charge is -2.18. The van der Waals surface area contributed by atoms with Crippen LogP contribution >= 0.6 is 0 Å². The minimum atomic E-state index is -1.09. The highest BCUT2D eigenvalue weighted by Gasteiger charge is 2.23. The summed E-state index contributed by atoms with van der Waals surface area (Å²) < 4.78 is 10.8. The zero-order chi connectivity index (χ0) is 19.4. The van der Waals surface area contributed by atoms with Gasteiger partial charge in [-0.2, -0.15) is 0 Å². The van der Waals surface area contributed by atoms with Crippen molar-refractivity contribution in [1.82, 2.24) is 5.32 Å². The van der Waals surface area contributed by atoms with E-state index < -0.39 is 23.5 Å². The summed E-state index contributed by atoms with van der Waals surface area (Å²) >= 11 is 0. The Labute approximate surface area is 151 Å². The first-order chi connectivity index (χ1) is 12.2. The molecule has 0 spiro atoms. The zero-order valence-electron chi connectivity index (χ0n) is 15.3. The van der Waals surface area contributed by atoms with E-state index in [1.165, 1.54) is 6.07 Å². The number of carboxylic acids is 1. The van der Waals surface area contributed by atoms with Gasteiger partial charge >= 0.3 is 11.6 Å². The molecule has 1 unspecified atom stereocenters. The smallest absolute Gasteiger partial charge is 0.336 e. The molecule has 7 heteroatoms. The van der Waals surface area contributed by atoms with Crippen molar-refractivity contribution in [1.29, 1.82) is 0 Å². The van der Waals surface area contributed by atoms with E-state index in [2.05, 4.69) is 5.32 Å². The number of aryl methyl sites for hydroxylation is 2. The van der Waals surface area contributed by atoms with Crippen molar-refractivity contribution in [3.05, 3.63) is 39.7 Å². The number of benzene rings is 1. The van der Waals surface area contributed by atoms with E-state index in [1.807, 2.05) is 6.92 Å². The monoisotopic (exact) mass is 361 g/mol. The Morgan fingerprint density at radius 1 is 1.31 bits per heavy atom. The van der Waals surface area contributed by atoms with Gasteiger partial charge in [0.05, 0.1) is 0 Å². The second kappa shape index (κ2) is 8.03. The van der Waals surface area contributed by atoms with Gasteiger partial charge in [0.25, 0.3) is 5.91 Å². The number of aliphatic carboxylic acids is 1. The van der Waals surface area contributed by atoms with Crippen LogP contribution in [0.15, 0.2) is 27.4 Å². The van der Waals surface area contributed by atoms with Crippen LogP contribution in [0.1, 0.15) is 31.9 Å². The minimum Gasteiger partial charge on any atom is -0.483 e. The van der Waals surface area contributed by atoms with Gasteiger partial charge in [-0.3, -0.25) is 4.79 Å². The Hall–Kier alpha value is -2.83. The van der Waals surface area contributed by atoms with Crippen LogP contribution in [0.4, 0.5) is 0 Å². The molecule has 0 aliphatic carbocycles. The predicted molar refractivity (Wildman–Crippen MR) is 96.5 cm³/mol. The number of carboxylic acid groups (broad SMARTS) is 1. The fourth-order valence-electron chi connectivity index (χ4n) is 2.73. The molecule has 2 N–H and O–H groups in total. The molecule has 0 aliphatic heterocycles. The fraction of sp³-hybridized carbons (Fsp3) is 0.421. The summed E-state index contributed by atoms with van der Waals surface area (Å²) in [4.78, 5) is 34.9. The first kappa shape index (κ1) is 19.5. The van der Waals surface area contributed by atoms with Crippen LogP contribution in [0, 0.1) is 12.8 Å². The SMILES string of the molecule is CCc1cc(=O)oc2c(C)c(OCC(=O)NC(C(=O)O)C(C)C)ccc12. The third-order valence-electron chi connectivity index (χ3n) is 4.19. The Balaban J connectivity index is 2.19. The molecule has 0 saturated carbocycles. The number of ether oxygens (including phenoxy) is 1. The summed E-state index contributed by atoms with van der Waals surface area (Å²) in [5, 5.41) is 12.4. The molecule has 1 atom stereocenters. The fourth-order valence-corrected chi connectivity index (χ4v) is 2.73. The van der Waals surface area contributed by atoms with Gasteiger partial charge in [0.15, 0.2) is 6.61 Å². The van der Waals surface area contributed by atoms with Crippen molar-refractivity contribution >= 4 is 22.8 Å². The highest BCUT2D eigenvalue weighted by Crippen LogP contribution is 2.28.